The molecule has 2 rings (SSSR count). The SMILES string of the molecule is CC.CC(=O)c1cccc(C(C)Nc2c(C(C)C)cccc2C(C)C)n1. The molecule has 0 saturated carbocycles. The van der Waals surface area contributed by atoms with Crippen molar-refractivity contribution < 1.29 is 4.79 Å². The zero-order chi connectivity index (χ0) is 19.9. The first-order chi connectivity index (χ1) is 12.3. The van der Waals surface area contributed by atoms with Crippen LogP contribution in [0.15, 0.2) is 36.4 Å². The molecule has 0 spiro atoms. The Labute approximate surface area is 159 Å². The maximum absolute atomic E-state index is 11.6. The van der Waals surface area contributed by atoms with Crippen LogP contribution in [0.2, 0.25) is 0 Å². The van der Waals surface area contributed by atoms with Gasteiger partial charge in [-0.15, -0.1) is 0 Å². The first-order valence-electron chi connectivity index (χ1n) is 9.68. The molecule has 1 atom stereocenters. The van der Waals surface area contributed by atoms with Gasteiger partial charge in [0, 0.05) is 12.6 Å². The lowest BCUT2D eigenvalue weighted by Gasteiger charge is -2.24. The van der Waals surface area contributed by atoms with Crippen molar-refractivity contribution in [2.75, 3.05) is 5.32 Å². The van der Waals surface area contributed by atoms with Gasteiger partial charge in [0.25, 0.3) is 0 Å². The number of hydrogen-bond acceptors (Lipinski definition) is 3. The first kappa shape index (κ1) is 21.9. The molecule has 0 fully saturated rings. The molecule has 0 bridgehead atoms. The summed E-state index contributed by atoms with van der Waals surface area (Å²) in [4.78, 5) is 16.1. The Morgan fingerprint density at radius 3 is 1.85 bits per heavy atom. The third-order valence-corrected chi connectivity index (χ3v) is 4.31. The molecule has 1 aromatic carbocycles. The molecule has 0 aliphatic heterocycles. The lowest BCUT2D eigenvalue weighted by molar-refractivity contribution is 0.101. The molecule has 1 aromatic heterocycles. The fourth-order valence-electron chi connectivity index (χ4n) is 2.90. The van der Waals surface area contributed by atoms with Crippen LogP contribution in [0.3, 0.4) is 0 Å². The molecule has 0 aliphatic rings. The van der Waals surface area contributed by atoms with Gasteiger partial charge < -0.3 is 5.32 Å². The minimum absolute atomic E-state index is 0.00509. The van der Waals surface area contributed by atoms with Gasteiger partial charge in [0.15, 0.2) is 5.78 Å². The first-order valence-corrected chi connectivity index (χ1v) is 9.68. The minimum Gasteiger partial charge on any atom is -0.376 e. The normalized spacial score (nSPS) is 11.8. The van der Waals surface area contributed by atoms with E-state index in [0.29, 0.717) is 17.5 Å². The zero-order valence-electron chi connectivity index (χ0n) is 17.6. The quantitative estimate of drug-likeness (QED) is 0.585. The van der Waals surface area contributed by atoms with E-state index in [2.05, 4.69) is 63.1 Å². The molecule has 0 aliphatic carbocycles. The molecule has 1 heterocycles. The number of pyridine rings is 1. The highest BCUT2D eigenvalue weighted by molar-refractivity contribution is 5.92. The van der Waals surface area contributed by atoms with Crippen LogP contribution in [0.25, 0.3) is 0 Å². The van der Waals surface area contributed by atoms with Gasteiger partial charge >= 0.3 is 0 Å². The van der Waals surface area contributed by atoms with Gasteiger partial charge in [0.1, 0.15) is 5.69 Å². The van der Waals surface area contributed by atoms with Crippen LogP contribution in [0.1, 0.15) is 101 Å². The van der Waals surface area contributed by atoms with Gasteiger partial charge in [0.05, 0.1) is 11.7 Å². The van der Waals surface area contributed by atoms with E-state index >= 15 is 0 Å². The van der Waals surface area contributed by atoms with Crippen molar-refractivity contribution >= 4 is 11.5 Å². The number of carbonyl (C=O) groups is 1. The number of nitrogens with zero attached hydrogens (tertiary/aromatic N) is 1. The summed E-state index contributed by atoms with van der Waals surface area (Å²) in [6, 6.07) is 12.2. The molecule has 26 heavy (non-hydrogen) atoms. The summed E-state index contributed by atoms with van der Waals surface area (Å²) in [6.45, 7) is 16.5. The van der Waals surface area contributed by atoms with E-state index in [-0.39, 0.29) is 11.8 Å². The number of Topliss-reactive ketones (excluding diaryl/α,β-unsaturated/α-hetero) is 1. The van der Waals surface area contributed by atoms with E-state index < -0.39 is 0 Å². The van der Waals surface area contributed by atoms with Crippen molar-refractivity contribution in [1.82, 2.24) is 4.98 Å². The average Bonchev–Trinajstić information content (AvgIpc) is 2.63. The monoisotopic (exact) mass is 354 g/mol. The fraction of sp³-hybridized carbons (Fsp3) is 0.478. The van der Waals surface area contributed by atoms with Crippen molar-refractivity contribution in [3.05, 3.63) is 58.9 Å². The van der Waals surface area contributed by atoms with E-state index in [1.165, 1.54) is 16.8 Å². The maximum Gasteiger partial charge on any atom is 0.178 e. The largest absolute Gasteiger partial charge is 0.376 e. The van der Waals surface area contributed by atoms with E-state index in [1.807, 2.05) is 26.0 Å². The Morgan fingerprint density at radius 2 is 1.38 bits per heavy atom. The average molecular weight is 355 g/mol. The van der Waals surface area contributed by atoms with Gasteiger partial charge in [-0.2, -0.15) is 0 Å². The summed E-state index contributed by atoms with van der Waals surface area (Å²) in [5, 5.41) is 3.65. The van der Waals surface area contributed by atoms with E-state index in [9.17, 15) is 4.79 Å². The summed E-state index contributed by atoms with van der Waals surface area (Å²) >= 11 is 0. The summed E-state index contributed by atoms with van der Waals surface area (Å²) in [5.74, 6) is 0.874. The highest BCUT2D eigenvalue weighted by Gasteiger charge is 2.17. The number of carbonyl (C=O) groups excluding carboxylic acids is 1. The standard InChI is InChI=1S/C21H28N2O.C2H6/c1-13(2)17-9-7-10-18(14(3)4)21(17)22-15(5)19-11-8-12-20(23-19)16(6)24;1-2/h7-15,22H,1-6H3;1-2H3. The lowest BCUT2D eigenvalue weighted by atomic mass is 9.92. The molecular weight excluding hydrogens is 320 g/mol. The van der Waals surface area contributed by atoms with Crippen molar-refractivity contribution in [3.8, 4) is 0 Å². The molecule has 3 heteroatoms. The Balaban J connectivity index is 0.00000163. The number of aromatic nitrogens is 1. The van der Waals surface area contributed by atoms with Crippen molar-refractivity contribution in [1.29, 1.82) is 0 Å². The van der Waals surface area contributed by atoms with Crippen molar-refractivity contribution in [3.63, 3.8) is 0 Å². The number of benzene rings is 1. The van der Waals surface area contributed by atoms with Gasteiger partial charge in [-0.1, -0.05) is 65.8 Å². The minimum atomic E-state index is -0.00509. The van der Waals surface area contributed by atoms with Crippen LogP contribution in [-0.2, 0) is 0 Å². The molecule has 0 saturated heterocycles. The maximum atomic E-state index is 11.6. The highest BCUT2D eigenvalue weighted by atomic mass is 16.1. The lowest BCUT2D eigenvalue weighted by Crippen LogP contribution is -2.14. The third kappa shape index (κ3) is 5.42. The number of rotatable bonds is 6. The Kier molecular flexibility index (Phi) is 8.50. The van der Waals surface area contributed by atoms with Crippen molar-refractivity contribution in [2.45, 2.75) is 73.3 Å². The predicted octanol–water partition coefficient (Wildman–Crippen LogP) is 6.73. The van der Waals surface area contributed by atoms with Crippen LogP contribution in [-0.4, -0.2) is 10.8 Å². The second kappa shape index (κ2) is 10.1. The van der Waals surface area contributed by atoms with E-state index in [0.717, 1.165) is 5.69 Å². The van der Waals surface area contributed by atoms with Gasteiger partial charge in [0.2, 0.25) is 0 Å². The van der Waals surface area contributed by atoms with Crippen LogP contribution in [0.5, 0.6) is 0 Å². The predicted molar refractivity (Wildman–Crippen MR) is 112 cm³/mol. The third-order valence-electron chi connectivity index (χ3n) is 4.31. The second-order valence-electron chi connectivity index (χ2n) is 6.99. The molecule has 0 radical (unpaired) electrons. The molecule has 1 unspecified atom stereocenters. The summed E-state index contributed by atoms with van der Waals surface area (Å²) in [6.07, 6.45) is 0. The summed E-state index contributed by atoms with van der Waals surface area (Å²) in [5.41, 5.74) is 5.23. The summed E-state index contributed by atoms with van der Waals surface area (Å²) < 4.78 is 0. The number of ketones is 1. The summed E-state index contributed by atoms with van der Waals surface area (Å²) in [7, 11) is 0. The molecular formula is C23H34N2O. The number of anilines is 1. The zero-order valence-corrected chi connectivity index (χ0v) is 17.6. The van der Waals surface area contributed by atoms with Gasteiger partial charge in [-0.25, -0.2) is 4.98 Å². The molecule has 1 N–H and O–H groups in total. The van der Waals surface area contributed by atoms with Crippen LogP contribution in [0.4, 0.5) is 5.69 Å². The van der Waals surface area contributed by atoms with E-state index in [1.54, 1.807) is 13.0 Å². The molecule has 142 valence electrons. The molecule has 0 amide bonds. The van der Waals surface area contributed by atoms with Crippen LogP contribution < -0.4 is 5.32 Å². The van der Waals surface area contributed by atoms with E-state index in [4.69, 9.17) is 0 Å². The second-order valence-corrected chi connectivity index (χ2v) is 6.99. The van der Waals surface area contributed by atoms with Gasteiger partial charge in [-0.3, -0.25) is 4.79 Å². The molecule has 3 nitrogen and oxygen atoms in total. The highest BCUT2D eigenvalue weighted by Crippen LogP contribution is 2.34. The smallest absolute Gasteiger partial charge is 0.178 e. The Morgan fingerprint density at radius 1 is 0.885 bits per heavy atom. The van der Waals surface area contributed by atoms with Crippen LogP contribution >= 0.6 is 0 Å². The van der Waals surface area contributed by atoms with Gasteiger partial charge in [-0.05, 0) is 42.0 Å². The fourth-order valence-corrected chi connectivity index (χ4v) is 2.90. The Bertz CT molecular complexity index is 694. The number of hydrogen-bond donors (Lipinski definition) is 1. The molecule has 2 aromatic rings. The van der Waals surface area contributed by atoms with Crippen molar-refractivity contribution in [2.24, 2.45) is 0 Å². The van der Waals surface area contributed by atoms with Crippen LogP contribution in [0, 0.1) is 0 Å². The topological polar surface area (TPSA) is 42.0 Å². The number of para-hydroxylation sites is 1. The Hall–Kier alpha value is -2.16. The number of nitrogens with one attached hydrogen (secondary N) is 1.